The fraction of sp³-hybridized carbons (Fsp3) is 0.318. The molecule has 1 aromatic heterocycles. The summed E-state index contributed by atoms with van der Waals surface area (Å²) in [6.07, 6.45) is 0.975. The summed E-state index contributed by atoms with van der Waals surface area (Å²) in [6, 6.07) is 10.7. The molecule has 1 aliphatic heterocycles. The number of fused-ring (bicyclic) bond motifs is 1. The van der Waals surface area contributed by atoms with Gasteiger partial charge in [-0.25, -0.2) is 8.42 Å². The van der Waals surface area contributed by atoms with E-state index in [9.17, 15) is 22.8 Å². The smallest absolute Gasteiger partial charge is 0.316 e. The van der Waals surface area contributed by atoms with E-state index in [2.05, 4.69) is 5.32 Å². The molecule has 2 aromatic carbocycles. The number of carbonyl (C=O) groups excluding carboxylic acids is 1. The molecule has 4 rings (SSSR count). The zero-order valence-electron chi connectivity index (χ0n) is 18.0. The summed E-state index contributed by atoms with van der Waals surface area (Å²) in [5.41, 5.74) is 0.911. The largest absolute Gasteiger partial charge is 0.325 e. The van der Waals surface area contributed by atoms with Crippen LogP contribution in [0.3, 0.4) is 0 Å². The van der Waals surface area contributed by atoms with Crippen molar-refractivity contribution >= 4 is 32.7 Å². The number of amides is 1. The van der Waals surface area contributed by atoms with Gasteiger partial charge in [0.15, 0.2) is 0 Å². The third kappa shape index (κ3) is 3.65. The summed E-state index contributed by atoms with van der Waals surface area (Å²) in [5.74, 6) is -0.382. The Morgan fingerprint density at radius 1 is 1.00 bits per heavy atom. The van der Waals surface area contributed by atoms with Crippen molar-refractivity contribution in [3.8, 4) is 0 Å². The van der Waals surface area contributed by atoms with Crippen LogP contribution in [0.4, 0.5) is 5.69 Å². The molecule has 1 saturated heterocycles. The number of hydrogen-bond donors (Lipinski definition) is 1. The molecule has 0 saturated carbocycles. The normalized spacial score (nSPS) is 17.0. The molecule has 168 valence electrons. The van der Waals surface area contributed by atoms with Gasteiger partial charge in [0.05, 0.1) is 15.9 Å². The summed E-state index contributed by atoms with van der Waals surface area (Å²) < 4.78 is 30.4. The van der Waals surface area contributed by atoms with Crippen LogP contribution in [0.2, 0.25) is 0 Å². The SMILES string of the molecule is Cc1cccc(NC(=O)C2CCCN2S(=O)(=O)c2ccc3c(c2)n(C)c(=O)c(=O)n3C)c1. The highest BCUT2D eigenvalue weighted by Crippen LogP contribution is 2.28. The van der Waals surface area contributed by atoms with Crippen LogP contribution >= 0.6 is 0 Å². The van der Waals surface area contributed by atoms with Crippen LogP contribution in [-0.2, 0) is 28.9 Å². The molecule has 1 N–H and O–H groups in total. The summed E-state index contributed by atoms with van der Waals surface area (Å²) in [7, 11) is -1.12. The van der Waals surface area contributed by atoms with Gasteiger partial charge in [0.1, 0.15) is 6.04 Å². The van der Waals surface area contributed by atoms with Crippen LogP contribution < -0.4 is 16.4 Å². The van der Waals surface area contributed by atoms with Gasteiger partial charge in [-0.1, -0.05) is 12.1 Å². The molecule has 10 heteroatoms. The maximum atomic E-state index is 13.4. The van der Waals surface area contributed by atoms with Gasteiger partial charge in [-0.15, -0.1) is 0 Å². The molecule has 1 unspecified atom stereocenters. The van der Waals surface area contributed by atoms with Crippen molar-refractivity contribution in [1.29, 1.82) is 0 Å². The summed E-state index contributed by atoms with van der Waals surface area (Å²) in [6.45, 7) is 2.13. The van der Waals surface area contributed by atoms with Gasteiger partial charge in [0.2, 0.25) is 15.9 Å². The number of aryl methyl sites for hydroxylation is 3. The molecule has 9 nitrogen and oxygen atoms in total. The lowest BCUT2D eigenvalue weighted by Gasteiger charge is -2.24. The Bertz CT molecular complexity index is 1460. The number of aromatic nitrogens is 2. The van der Waals surface area contributed by atoms with E-state index in [4.69, 9.17) is 0 Å². The molecule has 0 spiro atoms. The van der Waals surface area contributed by atoms with Crippen LogP contribution in [0, 0.1) is 6.92 Å². The Kier molecular flexibility index (Phi) is 5.51. The van der Waals surface area contributed by atoms with E-state index in [1.54, 1.807) is 6.07 Å². The first kappa shape index (κ1) is 22.0. The maximum absolute atomic E-state index is 13.4. The number of benzene rings is 2. The third-order valence-corrected chi connectivity index (χ3v) is 7.76. The van der Waals surface area contributed by atoms with Crippen LogP contribution in [0.5, 0.6) is 0 Å². The number of carbonyl (C=O) groups is 1. The number of rotatable bonds is 4. The Morgan fingerprint density at radius 3 is 2.38 bits per heavy atom. The van der Waals surface area contributed by atoms with Crippen LogP contribution in [-0.4, -0.2) is 40.4 Å². The fourth-order valence-electron chi connectivity index (χ4n) is 4.10. The molecule has 1 aliphatic rings. The van der Waals surface area contributed by atoms with E-state index >= 15 is 0 Å². The van der Waals surface area contributed by atoms with Gasteiger partial charge in [0, 0.05) is 26.3 Å². The zero-order valence-corrected chi connectivity index (χ0v) is 18.8. The number of hydrogen-bond acceptors (Lipinski definition) is 5. The van der Waals surface area contributed by atoms with Crippen molar-refractivity contribution in [1.82, 2.24) is 13.4 Å². The molecule has 0 bridgehead atoms. The predicted molar refractivity (Wildman–Crippen MR) is 121 cm³/mol. The van der Waals surface area contributed by atoms with Crippen LogP contribution in [0.15, 0.2) is 56.9 Å². The highest BCUT2D eigenvalue weighted by Gasteiger charge is 2.39. The Balaban J connectivity index is 1.70. The van der Waals surface area contributed by atoms with Gasteiger partial charge in [-0.3, -0.25) is 14.4 Å². The van der Waals surface area contributed by atoms with Crippen molar-refractivity contribution in [2.75, 3.05) is 11.9 Å². The Hall–Kier alpha value is -3.24. The van der Waals surface area contributed by atoms with Crippen LogP contribution in [0.25, 0.3) is 11.0 Å². The van der Waals surface area contributed by atoms with Crippen LogP contribution in [0.1, 0.15) is 18.4 Å². The minimum atomic E-state index is -4.01. The first-order valence-electron chi connectivity index (χ1n) is 10.2. The molecule has 3 aromatic rings. The lowest BCUT2D eigenvalue weighted by molar-refractivity contribution is -0.119. The lowest BCUT2D eigenvalue weighted by atomic mass is 10.2. The topological polar surface area (TPSA) is 110 Å². The lowest BCUT2D eigenvalue weighted by Crippen LogP contribution is -2.43. The predicted octanol–water partition coefficient (Wildman–Crippen LogP) is 1.34. The minimum absolute atomic E-state index is 0.0334. The molecule has 1 fully saturated rings. The average Bonchev–Trinajstić information content (AvgIpc) is 3.27. The van der Waals surface area contributed by atoms with Crippen molar-refractivity contribution in [2.45, 2.75) is 30.7 Å². The molecule has 1 amide bonds. The molecular weight excluding hydrogens is 432 g/mol. The van der Waals surface area contributed by atoms with Gasteiger partial charge in [0.25, 0.3) is 0 Å². The Labute approximate surface area is 184 Å². The van der Waals surface area contributed by atoms with Crippen molar-refractivity contribution in [2.24, 2.45) is 14.1 Å². The first-order chi connectivity index (χ1) is 15.1. The van der Waals surface area contributed by atoms with E-state index in [1.807, 2.05) is 25.1 Å². The third-order valence-electron chi connectivity index (χ3n) is 5.86. The highest BCUT2D eigenvalue weighted by atomic mass is 32.2. The zero-order chi connectivity index (χ0) is 23.2. The fourth-order valence-corrected chi connectivity index (χ4v) is 5.77. The second-order valence-electron chi connectivity index (χ2n) is 8.01. The quantitative estimate of drug-likeness (QED) is 0.596. The van der Waals surface area contributed by atoms with Crippen molar-refractivity contribution in [3.63, 3.8) is 0 Å². The van der Waals surface area contributed by atoms with Gasteiger partial charge >= 0.3 is 11.1 Å². The maximum Gasteiger partial charge on any atom is 0.316 e. The summed E-state index contributed by atoms with van der Waals surface area (Å²) in [4.78, 5) is 37.1. The van der Waals surface area contributed by atoms with E-state index in [1.165, 1.54) is 41.2 Å². The van der Waals surface area contributed by atoms with E-state index in [0.717, 1.165) is 10.1 Å². The Morgan fingerprint density at radius 2 is 1.69 bits per heavy atom. The molecule has 1 atom stereocenters. The molecule has 0 radical (unpaired) electrons. The van der Waals surface area contributed by atoms with E-state index in [-0.39, 0.29) is 17.3 Å². The van der Waals surface area contributed by atoms with Gasteiger partial charge < -0.3 is 14.5 Å². The van der Waals surface area contributed by atoms with Crippen molar-refractivity contribution < 1.29 is 13.2 Å². The average molecular weight is 457 g/mol. The standard InChI is InChI=1S/C22H24N4O5S/c1-14-6-4-7-15(12-14)23-20(27)18-8-5-11-26(18)32(30,31)16-9-10-17-19(13-16)25(3)22(29)21(28)24(17)2/h4,6-7,9-10,12-13,18H,5,8,11H2,1-3H3,(H,23,27). The first-order valence-corrected chi connectivity index (χ1v) is 11.6. The van der Waals surface area contributed by atoms with Gasteiger partial charge in [-0.2, -0.15) is 4.31 Å². The molecule has 2 heterocycles. The number of nitrogens with zero attached hydrogens (tertiary/aromatic N) is 3. The minimum Gasteiger partial charge on any atom is -0.325 e. The van der Waals surface area contributed by atoms with E-state index in [0.29, 0.717) is 29.6 Å². The molecular formula is C22H24N4O5S. The van der Waals surface area contributed by atoms with Gasteiger partial charge in [-0.05, 0) is 55.7 Å². The monoisotopic (exact) mass is 456 g/mol. The summed E-state index contributed by atoms with van der Waals surface area (Å²) >= 11 is 0. The molecule has 32 heavy (non-hydrogen) atoms. The second-order valence-corrected chi connectivity index (χ2v) is 9.90. The summed E-state index contributed by atoms with van der Waals surface area (Å²) in [5, 5.41) is 2.81. The molecule has 0 aliphatic carbocycles. The number of anilines is 1. The van der Waals surface area contributed by atoms with Crippen molar-refractivity contribution in [3.05, 3.63) is 68.7 Å². The second kappa shape index (κ2) is 8.03. The van der Waals surface area contributed by atoms with E-state index < -0.39 is 27.2 Å². The highest BCUT2D eigenvalue weighted by molar-refractivity contribution is 7.89. The number of nitrogens with one attached hydrogen (secondary N) is 1. The number of sulfonamides is 1.